The second-order valence-corrected chi connectivity index (χ2v) is 8.41. The van der Waals surface area contributed by atoms with Crippen LogP contribution in [0.15, 0.2) is 17.5 Å². The first kappa shape index (κ1) is 16.9. The van der Waals surface area contributed by atoms with Gasteiger partial charge in [-0.1, -0.05) is 19.9 Å². The maximum Gasteiger partial charge on any atom is 0.264 e. The zero-order chi connectivity index (χ0) is 16.4. The van der Waals surface area contributed by atoms with E-state index < -0.39 is 0 Å². The molecule has 0 radical (unpaired) electrons. The summed E-state index contributed by atoms with van der Waals surface area (Å²) in [5.74, 6) is 0.890. The third-order valence-electron chi connectivity index (χ3n) is 5.08. The number of hydrogen-bond acceptors (Lipinski definition) is 4. The van der Waals surface area contributed by atoms with Crippen LogP contribution in [0, 0.1) is 5.92 Å². The van der Waals surface area contributed by atoms with E-state index in [1.54, 1.807) is 11.3 Å². The molecule has 2 saturated heterocycles. The van der Waals surface area contributed by atoms with Crippen LogP contribution in [0.2, 0.25) is 0 Å². The van der Waals surface area contributed by atoms with Gasteiger partial charge in [0.05, 0.1) is 4.88 Å². The summed E-state index contributed by atoms with van der Waals surface area (Å²) in [5, 5.41) is 1.98. The molecule has 0 saturated carbocycles. The summed E-state index contributed by atoms with van der Waals surface area (Å²) in [7, 11) is 2.22. The normalized spacial score (nSPS) is 21.2. The van der Waals surface area contributed by atoms with E-state index in [0.717, 1.165) is 24.5 Å². The number of nitrogens with zero attached hydrogens (tertiary/aromatic N) is 3. The van der Waals surface area contributed by atoms with Crippen molar-refractivity contribution in [1.82, 2.24) is 14.7 Å². The van der Waals surface area contributed by atoms with Crippen molar-refractivity contribution in [3.8, 4) is 0 Å². The zero-order valence-electron chi connectivity index (χ0n) is 14.6. The standard InChI is InChI=1S/C18H29N3OS/c1-14(2)11-21(15-6-8-19(3)9-7-15)16-12-20(13-16)18(22)17-5-4-10-23-17/h4-5,10,14-16H,6-9,11-13H2,1-3H3. The lowest BCUT2D eigenvalue weighted by Crippen LogP contribution is -2.64. The molecule has 0 atom stereocenters. The summed E-state index contributed by atoms with van der Waals surface area (Å²) < 4.78 is 0. The average Bonchev–Trinajstić information content (AvgIpc) is 2.99. The highest BCUT2D eigenvalue weighted by atomic mass is 32.1. The summed E-state index contributed by atoms with van der Waals surface area (Å²) in [4.78, 5) is 20.4. The van der Waals surface area contributed by atoms with Crippen LogP contribution in [0.5, 0.6) is 0 Å². The number of hydrogen-bond donors (Lipinski definition) is 0. The van der Waals surface area contributed by atoms with Crippen LogP contribution in [0.3, 0.4) is 0 Å². The largest absolute Gasteiger partial charge is 0.335 e. The molecule has 2 fully saturated rings. The Morgan fingerprint density at radius 3 is 2.57 bits per heavy atom. The van der Waals surface area contributed by atoms with Crippen LogP contribution in [-0.2, 0) is 0 Å². The fourth-order valence-corrected chi connectivity index (χ4v) is 4.42. The van der Waals surface area contributed by atoms with Crippen molar-refractivity contribution in [1.29, 1.82) is 0 Å². The van der Waals surface area contributed by atoms with E-state index in [4.69, 9.17) is 0 Å². The Kier molecular flexibility index (Phi) is 5.39. The van der Waals surface area contributed by atoms with Crippen LogP contribution in [0.1, 0.15) is 36.4 Å². The van der Waals surface area contributed by atoms with Crippen LogP contribution < -0.4 is 0 Å². The molecule has 1 aromatic heterocycles. The number of likely N-dealkylation sites (tertiary alicyclic amines) is 2. The highest BCUT2D eigenvalue weighted by Gasteiger charge is 2.38. The molecule has 23 heavy (non-hydrogen) atoms. The molecule has 2 aliphatic rings. The SMILES string of the molecule is CC(C)CN(C1CCN(C)CC1)C1CN(C(=O)c2cccs2)C1. The van der Waals surface area contributed by atoms with Gasteiger partial charge in [-0.05, 0) is 50.3 Å². The van der Waals surface area contributed by atoms with E-state index in [1.807, 2.05) is 22.4 Å². The van der Waals surface area contributed by atoms with Crippen LogP contribution in [-0.4, -0.2) is 72.5 Å². The third-order valence-corrected chi connectivity index (χ3v) is 5.94. The molecule has 3 rings (SSSR count). The monoisotopic (exact) mass is 335 g/mol. The summed E-state index contributed by atoms with van der Waals surface area (Å²) in [6.45, 7) is 9.95. The highest BCUT2D eigenvalue weighted by molar-refractivity contribution is 7.12. The first-order valence-corrected chi connectivity index (χ1v) is 9.69. The topological polar surface area (TPSA) is 26.8 Å². The molecule has 2 aliphatic heterocycles. The van der Waals surface area contributed by atoms with Crippen LogP contribution >= 0.6 is 11.3 Å². The summed E-state index contributed by atoms with van der Waals surface area (Å²) in [6.07, 6.45) is 2.52. The molecular formula is C18H29N3OS. The Bertz CT molecular complexity index is 502. The van der Waals surface area contributed by atoms with Crippen molar-refractivity contribution in [3.05, 3.63) is 22.4 Å². The Hall–Kier alpha value is -0.910. The fourth-order valence-electron chi connectivity index (χ4n) is 3.73. The minimum absolute atomic E-state index is 0.212. The number of piperidine rings is 1. The molecule has 0 bridgehead atoms. The van der Waals surface area contributed by atoms with Crippen molar-refractivity contribution in [3.63, 3.8) is 0 Å². The molecule has 128 valence electrons. The lowest BCUT2D eigenvalue weighted by Gasteiger charge is -2.50. The fraction of sp³-hybridized carbons (Fsp3) is 0.722. The van der Waals surface area contributed by atoms with Gasteiger partial charge in [0.15, 0.2) is 0 Å². The van der Waals surface area contributed by atoms with E-state index in [2.05, 4.69) is 30.7 Å². The van der Waals surface area contributed by atoms with E-state index in [1.165, 1.54) is 25.9 Å². The molecule has 0 N–H and O–H groups in total. The van der Waals surface area contributed by atoms with Crippen molar-refractivity contribution in [2.75, 3.05) is 39.8 Å². The second kappa shape index (κ2) is 7.32. The number of carbonyl (C=O) groups excluding carboxylic acids is 1. The van der Waals surface area contributed by atoms with E-state index >= 15 is 0 Å². The van der Waals surface area contributed by atoms with Crippen LogP contribution in [0.25, 0.3) is 0 Å². The first-order valence-electron chi connectivity index (χ1n) is 8.81. The Balaban J connectivity index is 1.58. The Labute approximate surface area is 144 Å². The summed E-state index contributed by atoms with van der Waals surface area (Å²) in [6, 6.07) is 5.13. The van der Waals surface area contributed by atoms with Gasteiger partial charge in [-0.25, -0.2) is 0 Å². The van der Waals surface area contributed by atoms with E-state index in [9.17, 15) is 4.79 Å². The lowest BCUT2D eigenvalue weighted by atomic mass is 9.96. The summed E-state index contributed by atoms with van der Waals surface area (Å²) in [5.41, 5.74) is 0. The Morgan fingerprint density at radius 2 is 2.00 bits per heavy atom. The third kappa shape index (κ3) is 3.95. The quantitative estimate of drug-likeness (QED) is 0.828. The van der Waals surface area contributed by atoms with E-state index in [-0.39, 0.29) is 5.91 Å². The van der Waals surface area contributed by atoms with Crippen molar-refractivity contribution in [2.24, 2.45) is 5.92 Å². The molecule has 0 unspecified atom stereocenters. The minimum atomic E-state index is 0.212. The minimum Gasteiger partial charge on any atom is -0.335 e. The first-order chi connectivity index (χ1) is 11.0. The Morgan fingerprint density at radius 1 is 1.30 bits per heavy atom. The van der Waals surface area contributed by atoms with Gasteiger partial charge in [-0.15, -0.1) is 11.3 Å². The van der Waals surface area contributed by atoms with Gasteiger partial charge in [-0.2, -0.15) is 0 Å². The second-order valence-electron chi connectivity index (χ2n) is 7.47. The molecule has 0 aliphatic carbocycles. The molecule has 3 heterocycles. The number of carbonyl (C=O) groups is 1. The molecule has 0 spiro atoms. The number of amides is 1. The molecule has 0 aromatic carbocycles. The van der Waals surface area contributed by atoms with Gasteiger partial charge >= 0.3 is 0 Å². The lowest BCUT2D eigenvalue weighted by molar-refractivity contribution is -0.00778. The van der Waals surface area contributed by atoms with Gasteiger partial charge in [-0.3, -0.25) is 9.69 Å². The molecule has 1 amide bonds. The average molecular weight is 336 g/mol. The van der Waals surface area contributed by atoms with Crippen molar-refractivity contribution >= 4 is 17.2 Å². The van der Waals surface area contributed by atoms with Gasteiger partial charge < -0.3 is 9.80 Å². The van der Waals surface area contributed by atoms with Gasteiger partial charge in [0.2, 0.25) is 0 Å². The van der Waals surface area contributed by atoms with Gasteiger partial charge in [0.25, 0.3) is 5.91 Å². The number of thiophene rings is 1. The summed E-state index contributed by atoms with van der Waals surface area (Å²) >= 11 is 1.55. The maximum absolute atomic E-state index is 12.4. The predicted octanol–water partition coefficient (Wildman–Crippen LogP) is 2.62. The molecule has 1 aromatic rings. The van der Waals surface area contributed by atoms with Crippen molar-refractivity contribution < 1.29 is 4.79 Å². The number of rotatable bonds is 5. The zero-order valence-corrected chi connectivity index (χ0v) is 15.4. The van der Waals surface area contributed by atoms with Crippen LogP contribution in [0.4, 0.5) is 0 Å². The predicted molar refractivity (Wildman–Crippen MR) is 96.1 cm³/mol. The molecule has 5 heteroatoms. The molecule has 4 nitrogen and oxygen atoms in total. The smallest absolute Gasteiger partial charge is 0.264 e. The van der Waals surface area contributed by atoms with E-state index in [0.29, 0.717) is 18.0 Å². The van der Waals surface area contributed by atoms with Crippen molar-refractivity contribution in [2.45, 2.75) is 38.8 Å². The van der Waals surface area contributed by atoms with Gasteiger partial charge in [0.1, 0.15) is 0 Å². The highest BCUT2D eigenvalue weighted by Crippen LogP contribution is 2.26. The maximum atomic E-state index is 12.4. The molecular weight excluding hydrogens is 306 g/mol. The van der Waals surface area contributed by atoms with Gasteiger partial charge in [0, 0.05) is 31.7 Å².